The predicted molar refractivity (Wildman–Crippen MR) is 89.8 cm³/mol. The molecule has 8 heteroatoms. The lowest BCUT2D eigenvalue weighted by Gasteiger charge is -2.11. The van der Waals surface area contributed by atoms with Crippen LogP contribution in [0.25, 0.3) is 11.0 Å². The third kappa shape index (κ3) is 3.43. The molecule has 0 aliphatic carbocycles. The van der Waals surface area contributed by atoms with Crippen LogP contribution in [0.15, 0.2) is 62.6 Å². The summed E-state index contributed by atoms with van der Waals surface area (Å²) in [7, 11) is -1.25. The van der Waals surface area contributed by atoms with E-state index in [1.807, 2.05) is 0 Å². The molecule has 0 saturated carbocycles. The van der Waals surface area contributed by atoms with Gasteiger partial charge in [-0.05, 0) is 30.3 Å². The van der Waals surface area contributed by atoms with E-state index in [9.17, 15) is 13.2 Å². The molecule has 3 aromatic rings. The van der Waals surface area contributed by atoms with Gasteiger partial charge in [0.15, 0.2) is 11.5 Å². The summed E-state index contributed by atoms with van der Waals surface area (Å²) in [6, 6.07) is 11.4. The number of fused-ring (bicyclic) bond motifs is 1. The number of ether oxygens (including phenoxy) is 2. The van der Waals surface area contributed by atoms with Gasteiger partial charge in [0.05, 0.1) is 14.2 Å². The molecule has 0 fully saturated rings. The van der Waals surface area contributed by atoms with E-state index in [0.29, 0.717) is 11.1 Å². The zero-order chi connectivity index (χ0) is 18.0. The summed E-state index contributed by atoms with van der Waals surface area (Å²) in [6.45, 7) is 0. The van der Waals surface area contributed by atoms with E-state index in [1.54, 1.807) is 12.1 Å². The summed E-state index contributed by atoms with van der Waals surface area (Å²) in [5.74, 6) is 0.683. The van der Waals surface area contributed by atoms with E-state index in [4.69, 9.17) is 18.1 Å². The Morgan fingerprint density at radius 2 is 1.60 bits per heavy atom. The topological polar surface area (TPSA) is 92.0 Å². The molecule has 130 valence electrons. The van der Waals surface area contributed by atoms with Crippen LogP contribution in [-0.4, -0.2) is 22.6 Å². The Labute approximate surface area is 143 Å². The lowest BCUT2D eigenvalue weighted by atomic mass is 10.2. The molecule has 0 spiro atoms. The third-order valence-electron chi connectivity index (χ3n) is 3.44. The zero-order valence-corrected chi connectivity index (χ0v) is 14.2. The first-order valence-corrected chi connectivity index (χ1v) is 8.54. The Morgan fingerprint density at radius 1 is 0.880 bits per heavy atom. The van der Waals surface area contributed by atoms with Gasteiger partial charge in [-0.1, -0.05) is 0 Å². The van der Waals surface area contributed by atoms with Gasteiger partial charge in [0.2, 0.25) is 0 Å². The number of benzene rings is 2. The highest BCUT2D eigenvalue weighted by molar-refractivity contribution is 7.87. The first-order chi connectivity index (χ1) is 11.9. The minimum atomic E-state index is -4.11. The summed E-state index contributed by atoms with van der Waals surface area (Å²) in [5.41, 5.74) is -0.306. The van der Waals surface area contributed by atoms with Crippen LogP contribution >= 0.6 is 0 Å². The van der Waals surface area contributed by atoms with Gasteiger partial charge in [-0.3, -0.25) is 0 Å². The maximum Gasteiger partial charge on any atom is 0.339 e. The van der Waals surface area contributed by atoms with Gasteiger partial charge in [-0.2, -0.15) is 8.42 Å². The van der Waals surface area contributed by atoms with Crippen LogP contribution < -0.4 is 19.3 Å². The van der Waals surface area contributed by atoms with E-state index in [1.165, 1.54) is 50.6 Å². The number of hydrogen-bond acceptors (Lipinski definition) is 7. The average Bonchev–Trinajstić information content (AvgIpc) is 2.60. The van der Waals surface area contributed by atoms with Gasteiger partial charge in [0, 0.05) is 23.6 Å². The minimum Gasteiger partial charge on any atom is -0.493 e. The van der Waals surface area contributed by atoms with Crippen LogP contribution in [0.4, 0.5) is 0 Å². The molecule has 0 amide bonds. The van der Waals surface area contributed by atoms with Crippen molar-refractivity contribution in [2.75, 3.05) is 14.2 Å². The Bertz CT molecular complexity index is 1080. The van der Waals surface area contributed by atoms with Crippen molar-refractivity contribution in [3.8, 4) is 17.2 Å². The van der Waals surface area contributed by atoms with Gasteiger partial charge in [-0.15, -0.1) is 0 Å². The van der Waals surface area contributed by atoms with E-state index >= 15 is 0 Å². The Kier molecular flexibility index (Phi) is 4.37. The van der Waals surface area contributed by atoms with E-state index < -0.39 is 15.7 Å². The molecule has 0 atom stereocenters. The summed E-state index contributed by atoms with van der Waals surface area (Å²) >= 11 is 0. The second-order valence-corrected chi connectivity index (χ2v) is 6.55. The van der Waals surface area contributed by atoms with Gasteiger partial charge in [0.25, 0.3) is 0 Å². The normalized spacial score (nSPS) is 11.3. The van der Waals surface area contributed by atoms with Gasteiger partial charge in [0.1, 0.15) is 16.2 Å². The number of hydrogen-bond donors (Lipinski definition) is 0. The second-order valence-electron chi connectivity index (χ2n) is 5.01. The number of methoxy groups -OCH3 is 2. The van der Waals surface area contributed by atoms with Gasteiger partial charge >= 0.3 is 15.7 Å². The minimum absolute atomic E-state index is 0.0247. The lowest BCUT2D eigenvalue weighted by Crippen LogP contribution is -2.10. The average molecular weight is 362 g/mol. The van der Waals surface area contributed by atoms with Crippen molar-refractivity contribution < 1.29 is 26.5 Å². The molecule has 0 radical (unpaired) electrons. The first-order valence-electron chi connectivity index (χ1n) is 7.13. The van der Waals surface area contributed by atoms with Crippen molar-refractivity contribution in [1.29, 1.82) is 0 Å². The van der Waals surface area contributed by atoms with Gasteiger partial charge < -0.3 is 18.1 Å². The molecule has 7 nitrogen and oxygen atoms in total. The van der Waals surface area contributed by atoms with Gasteiger partial charge in [-0.25, -0.2) is 4.79 Å². The summed E-state index contributed by atoms with van der Waals surface area (Å²) < 4.78 is 45.2. The molecular weight excluding hydrogens is 348 g/mol. The van der Waals surface area contributed by atoms with Crippen molar-refractivity contribution >= 4 is 21.1 Å². The fourth-order valence-corrected chi connectivity index (χ4v) is 3.18. The Balaban J connectivity index is 1.97. The maximum atomic E-state index is 12.5. The molecule has 0 saturated heterocycles. The molecule has 25 heavy (non-hydrogen) atoms. The monoisotopic (exact) mass is 362 g/mol. The summed E-state index contributed by atoms with van der Waals surface area (Å²) in [6.07, 6.45) is 0. The number of rotatable bonds is 5. The van der Waals surface area contributed by atoms with Crippen molar-refractivity contribution in [3.05, 3.63) is 59.0 Å². The van der Waals surface area contributed by atoms with Crippen LogP contribution in [0.5, 0.6) is 17.2 Å². The highest BCUT2D eigenvalue weighted by Crippen LogP contribution is 2.31. The quantitative estimate of drug-likeness (QED) is 0.509. The molecule has 2 aromatic carbocycles. The fourth-order valence-electron chi connectivity index (χ4n) is 2.24. The fraction of sp³-hybridized carbons (Fsp3) is 0.118. The van der Waals surface area contributed by atoms with Crippen molar-refractivity contribution in [3.63, 3.8) is 0 Å². The van der Waals surface area contributed by atoms with Crippen LogP contribution in [0.2, 0.25) is 0 Å². The predicted octanol–water partition coefficient (Wildman–Crippen LogP) is 2.58. The standard InChI is InChI=1S/C17H14O7S/c1-21-14-7-6-13(10-16(14)22-2)25(19,20)24-12-5-3-11-4-8-17(18)23-15(11)9-12/h3-10H,1-2H3. The SMILES string of the molecule is COc1ccc(S(=O)(=O)Oc2ccc3ccc(=O)oc3c2)cc1OC. The largest absolute Gasteiger partial charge is 0.493 e. The molecule has 0 N–H and O–H groups in total. The van der Waals surface area contributed by atoms with E-state index in [-0.39, 0.29) is 22.0 Å². The molecule has 1 aromatic heterocycles. The van der Waals surface area contributed by atoms with Crippen LogP contribution in [0.1, 0.15) is 0 Å². The first kappa shape index (κ1) is 16.8. The molecule has 0 bridgehead atoms. The molecule has 0 aliphatic heterocycles. The van der Waals surface area contributed by atoms with Crippen LogP contribution in [-0.2, 0) is 10.1 Å². The van der Waals surface area contributed by atoms with Crippen LogP contribution in [0.3, 0.4) is 0 Å². The summed E-state index contributed by atoms with van der Waals surface area (Å²) in [4.78, 5) is 11.2. The van der Waals surface area contributed by atoms with Crippen molar-refractivity contribution in [1.82, 2.24) is 0 Å². The molecule has 1 heterocycles. The Morgan fingerprint density at radius 3 is 2.32 bits per heavy atom. The smallest absolute Gasteiger partial charge is 0.339 e. The maximum absolute atomic E-state index is 12.5. The summed E-state index contributed by atoms with van der Waals surface area (Å²) in [5, 5.41) is 0.649. The molecule has 3 rings (SSSR count). The molecule has 0 aliphatic rings. The van der Waals surface area contributed by atoms with E-state index in [0.717, 1.165) is 0 Å². The van der Waals surface area contributed by atoms with E-state index in [2.05, 4.69) is 0 Å². The Hall–Kier alpha value is -3.00. The van der Waals surface area contributed by atoms with Crippen molar-refractivity contribution in [2.45, 2.75) is 4.90 Å². The lowest BCUT2D eigenvalue weighted by molar-refractivity contribution is 0.353. The van der Waals surface area contributed by atoms with Crippen LogP contribution in [0, 0.1) is 0 Å². The third-order valence-corrected chi connectivity index (χ3v) is 4.69. The second kappa shape index (κ2) is 6.48. The highest BCUT2D eigenvalue weighted by Gasteiger charge is 2.19. The van der Waals surface area contributed by atoms with Crippen molar-refractivity contribution in [2.24, 2.45) is 0 Å². The zero-order valence-electron chi connectivity index (χ0n) is 13.4. The highest BCUT2D eigenvalue weighted by atomic mass is 32.2. The molecule has 0 unspecified atom stereocenters. The molecular formula is C17H14O7S.